The van der Waals surface area contributed by atoms with E-state index in [0.717, 1.165) is 6.07 Å². The number of alkyl halides is 6. The Morgan fingerprint density at radius 3 is 2.29 bits per heavy atom. The average Bonchev–Trinajstić information content (AvgIpc) is 2.24. The van der Waals surface area contributed by atoms with Crippen LogP contribution in [-0.4, -0.2) is 18.9 Å². The number of anilines is 1. The fourth-order valence-electron chi connectivity index (χ4n) is 1.24. The third-order valence-electron chi connectivity index (χ3n) is 2.09. The molecule has 0 fully saturated rings. The monoisotopic (exact) mass is 335 g/mol. The Labute approximate surface area is 119 Å². The molecule has 118 valence electrons. The molecule has 0 saturated carbocycles. The first kappa shape index (κ1) is 17.4. The maximum atomic E-state index is 12.5. The van der Waals surface area contributed by atoms with Crippen LogP contribution in [-0.2, 0) is 10.9 Å². The van der Waals surface area contributed by atoms with Crippen LogP contribution in [0, 0.1) is 0 Å². The number of ether oxygens (including phenoxy) is 1. The van der Waals surface area contributed by atoms with Crippen molar-refractivity contribution in [3.63, 3.8) is 0 Å². The van der Waals surface area contributed by atoms with E-state index in [4.69, 9.17) is 11.6 Å². The van der Waals surface area contributed by atoms with E-state index in [1.807, 2.05) is 5.32 Å². The Bertz CT molecular complexity index is 514. The summed E-state index contributed by atoms with van der Waals surface area (Å²) in [5.74, 6) is 0. The minimum absolute atomic E-state index is 0.296. The Morgan fingerprint density at radius 1 is 1.14 bits per heavy atom. The molecule has 10 heteroatoms. The molecule has 0 saturated heterocycles. The molecule has 1 rings (SSSR count). The van der Waals surface area contributed by atoms with Crippen LogP contribution in [0.4, 0.5) is 36.8 Å². The summed E-state index contributed by atoms with van der Waals surface area (Å²) in [4.78, 5) is 11.1. The number of amides is 1. The number of carbonyl (C=O) groups excluding carboxylic acids is 1. The van der Waals surface area contributed by atoms with Crippen molar-refractivity contribution < 1.29 is 35.9 Å². The highest BCUT2D eigenvalue weighted by atomic mass is 35.5. The van der Waals surface area contributed by atoms with Crippen molar-refractivity contribution in [2.75, 3.05) is 11.9 Å². The largest absolute Gasteiger partial charge is 0.449 e. The quantitative estimate of drug-likeness (QED) is 0.801. The standard InChI is InChI=1S/C11H8ClF6NO2/c12-7-3-6(11(16,17)18)4-8(5-7)19-9(20)21-2-1-10(13,14)15/h3-5H,1-2H2,(H,19,20). The van der Waals surface area contributed by atoms with Crippen molar-refractivity contribution in [2.24, 2.45) is 0 Å². The molecule has 0 radical (unpaired) electrons. The van der Waals surface area contributed by atoms with E-state index < -0.39 is 37.0 Å². The van der Waals surface area contributed by atoms with Gasteiger partial charge in [0.1, 0.15) is 6.61 Å². The molecule has 1 N–H and O–H groups in total. The van der Waals surface area contributed by atoms with E-state index in [9.17, 15) is 31.1 Å². The molecule has 0 aromatic heterocycles. The predicted octanol–water partition coefficient (Wildman–Crippen LogP) is 4.86. The zero-order chi connectivity index (χ0) is 16.3. The minimum Gasteiger partial charge on any atom is -0.449 e. The van der Waals surface area contributed by atoms with Crippen molar-refractivity contribution in [3.05, 3.63) is 28.8 Å². The molecule has 0 atom stereocenters. The van der Waals surface area contributed by atoms with Gasteiger partial charge >= 0.3 is 18.4 Å². The molecule has 1 amide bonds. The molecule has 0 heterocycles. The van der Waals surface area contributed by atoms with E-state index in [2.05, 4.69) is 4.74 Å². The third-order valence-corrected chi connectivity index (χ3v) is 2.31. The first-order valence-electron chi connectivity index (χ1n) is 5.36. The first-order valence-corrected chi connectivity index (χ1v) is 5.73. The minimum atomic E-state index is -4.68. The molecule has 0 spiro atoms. The number of hydrogen-bond donors (Lipinski definition) is 1. The summed E-state index contributed by atoms with van der Waals surface area (Å²) in [6.07, 6.45) is -11.8. The number of benzene rings is 1. The molecule has 0 aliphatic rings. The Hall–Kier alpha value is -1.64. The zero-order valence-electron chi connectivity index (χ0n) is 10.1. The maximum Gasteiger partial charge on any atom is 0.416 e. The topological polar surface area (TPSA) is 38.3 Å². The second-order valence-corrected chi connectivity index (χ2v) is 4.29. The van der Waals surface area contributed by atoms with Gasteiger partial charge in [0.15, 0.2) is 0 Å². The second kappa shape index (κ2) is 6.42. The summed E-state index contributed by atoms with van der Waals surface area (Å²) in [5.41, 5.74) is -1.45. The average molecular weight is 336 g/mol. The van der Waals surface area contributed by atoms with Crippen LogP contribution >= 0.6 is 11.6 Å². The fraction of sp³-hybridized carbons (Fsp3) is 0.364. The Morgan fingerprint density at radius 2 is 1.76 bits per heavy atom. The number of halogens is 7. The summed E-state index contributed by atoms with van der Waals surface area (Å²) in [7, 11) is 0. The van der Waals surface area contributed by atoms with Crippen molar-refractivity contribution in [3.8, 4) is 0 Å². The van der Waals surface area contributed by atoms with Gasteiger partial charge in [0, 0.05) is 10.7 Å². The number of rotatable bonds is 3. The second-order valence-electron chi connectivity index (χ2n) is 3.85. The van der Waals surface area contributed by atoms with Crippen LogP contribution in [0.5, 0.6) is 0 Å². The van der Waals surface area contributed by atoms with Crippen LogP contribution in [0.3, 0.4) is 0 Å². The molecule has 0 bridgehead atoms. The van der Waals surface area contributed by atoms with Gasteiger partial charge < -0.3 is 4.74 Å². The van der Waals surface area contributed by atoms with Crippen LogP contribution in [0.1, 0.15) is 12.0 Å². The number of carbonyl (C=O) groups is 1. The van der Waals surface area contributed by atoms with E-state index >= 15 is 0 Å². The molecular weight excluding hydrogens is 328 g/mol. The van der Waals surface area contributed by atoms with Gasteiger partial charge in [0.25, 0.3) is 0 Å². The summed E-state index contributed by atoms with van der Waals surface area (Å²) < 4.78 is 77.1. The molecule has 0 aliphatic carbocycles. The lowest BCUT2D eigenvalue weighted by Gasteiger charge is -2.11. The van der Waals surface area contributed by atoms with Gasteiger partial charge in [-0.05, 0) is 18.2 Å². The highest BCUT2D eigenvalue weighted by molar-refractivity contribution is 6.31. The van der Waals surface area contributed by atoms with Gasteiger partial charge in [-0.15, -0.1) is 0 Å². The smallest absolute Gasteiger partial charge is 0.416 e. The summed E-state index contributed by atoms with van der Waals surface area (Å²) >= 11 is 5.46. The van der Waals surface area contributed by atoms with E-state index in [-0.39, 0.29) is 10.7 Å². The first-order chi connectivity index (χ1) is 9.47. The van der Waals surface area contributed by atoms with Crippen LogP contribution in [0.25, 0.3) is 0 Å². The van der Waals surface area contributed by atoms with Gasteiger partial charge in [-0.25, -0.2) is 4.79 Å². The molecule has 0 aliphatic heterocycles. The van der Waals surface area contributed by atoms with E-state index in [0.29, 0.717) is 12.1 Å². The van der Waals surface area contributed by atoms with Crippen LogP contribution in [0.2, 0.25) is 5.02 Å². The molecule has 1 aromatic rings. The summed E-state index contributed by atoms with van der Waals surface area (Å²) in [5, 5.41) is 1.57. The molecule has 3 nitrogen and oxygen atoms in total. The lowest BCUT2D eigenvalue weighted by molar-refractivity contribution is -0.141. The third kappa shape index (κ3) is 6.56. The van der Waals surface area contributed by atoms with E-state index in [1.54, 1.807) is 0 Å². The van der Waals surface area contributed by atoms with Gasteiger partial charge in [0.05, 0.1) is 12.0 Å². The number of hydrogen-bond acceptors (Lipinski definition) is 2. The maximum absolute atomic E-state index is 12.5. The SMILES string of the molecule is O=C(Nc1cc(Cl)cc(C(F)(F)F)c1)OCCC(F)(F)F. The molecule has 21 heavy (non-hydrogen) atoms. The Balaban J connectivity index is 2.66. The zero-order valence-corrected chi connectivity index (χ0v) is 10.9. The molecular formula is C11H8ClF6NO2. The lowest BCUT2D eigenvalue weighted by atomic mass is 10.2. The summed E-state index contributed by atoms with van der Waals surface area (Å²) in [6.45, 7) is -0.942. The van der Waals surface area contributed by atoms with Crippen LogP contribution < -0.4 is 5.32 Å². The van der Waals surface area contributed by atoms with Crippen molar-refractivity contribution in [1.29, 1.82) is 0 Å². The molecule has 1 aromatic carbocycles. The highest BCUT2D eigenvalue weighted by Gasteiger charge is 2.31. The highest BCUT2D eigenvalue weighted by Crippen LogP contribution is 2.33. The summed E-state index contributed by atoms with van der Waals surface area (Å²) in [6, 6.07) is 2.22. The van der Waals surface area contributed by atoms with Gasteiger partial charge in [-0.2, -0.15) is 26.3 Å². The van der Waals surface area contributed by atoms with Crippen molar-refractivity contribution in [2.45, 2.75) is 18.8 Å². The normalized spacial score (nSPS) is 12.1. The van der Waals surface area contributed by atoms with Gasteiger partial charge in [-0.1, -0.05) is 11.6 Å². The van der Waals surface area contributed by atoms with Crippen molar-refractivity contribution in [1.82, 2.24) is 0 Å². The van der Waals surface area contributed by atoms with Gasteiger partial charge in [0.2, 0.25) is 0 Å². The number of nitrogens with one attached hydrogen (secondary N) is 1. The fourth-order valence-corrected chi connectivity index (χ4v) is 1.47. The van der Waals surface area contributed by atoms with Crippen molar-refractivity contribution >= 4 is 23.4 Å². The lowest BCUT2D eigenvalue weighted by Crippen LogP contribution is -2.18. The van der Waals surface area contributed by atoms with E-state index in [1.165, 1.54) is 0 Å². The van der Waals surface area contributed by atoms with Gasteiger partial charge in [-0.3, -0.25) is 5.32 Å². The van der Waals surface area contributed by atoms with Crippen LogP contribution in [0.15, 0.2) is 18.2 Å². The predicted molar refractivity (Wildman–Crippen MR) is 62.1 cm³/mol. The Kier molecular flexibility index (Phi) is 5.32. The molecule has 0 unspecified atom stereocenters.